The number of carbonyl (C=O) groups is 2. The molecule has 1 aromatic carbocycles. The van der Waals surface area contributed by atoms with Crippen molar-refractivity contribution in [2.24, 2.45) is 0 Å². The third-order valence-corrected chi connectivity index (χ3v) is 5.32. The van der Waals surface area contributed by atoms with Crippen molar-refractivity contribution in [3.8, 4) is 17.9 Å². The minimum atomic E-state index is -0.678. The van der Waals surface area contributed by atoms with Gasteiger partial charge in [-0.25, -0.2) is 14.2 Å². The minimum Gasteiger partial charge on any atom is -0.444 e. The molecule has 0 spiro atoms. The van der Waals surface area contributed by atoms with Gasteiger partial charge in [-0.15, -0.1) is 0 Å². The molecule has 1 atom stereocenters. The van der Waals surface area contributed by atoms with E-state index in [1.807, 2.05) is 6.92 Å². The summed E-state index contributed by atoms with van der Waals surface area (Å²) >= 11 is 0. The van der Waals surface area contributed by atoms with E-state index >= 15 is 0 Å². The number of unbranched alkanes of at least 4 members (excludes halogenated alkanes) is 1. The first-order chi connectivity index (χ1) is 18.4. The fourth-order valence-corrected chi connectivity index (χ4v) is 3.09. The lowest BCUT2D eigenvalue weighted by atomic mass is 10.2. The summed E-state index contributed by atoms with van der Waals surface area (Å²) in [6.07, 6.45) is 3.03. The topological polar surface area (TPSA) is 132 Å². The molecule has 10 nitrogen and oxygen atoms in total. The highest BCUT2D eigenvalue weighted by Gasteiger charge is 2.26. The van der Waals surface area contributed by atoms with E-state index in [1.165, 1.54) is 24.1 Å². The van der Waals surface area contributed by atoms with E-state index in [1.54, 1.807) is 46.0 Å². The first-order valence-corrected chi connectivity index (χ1v) is 12.7. The van der Waals surface area contributed by atoms with Crippen LogP contribution in [0.15, 0.2) is 24.4 Å². The standard InChI is InChI=1S/C28H36FN7O3/c1-7-14-31-24-21(18-33-26(35-24)34-22-13-12-20(17-30)23(29)16-22)11-9-8-10-15-32-25(37)19(2)36(6)27(38)39-28(3,4)5/h12-13,16,18-19H,7-8,10,14-15H2,1-6H3,(H,32,37)(H2,31,33,34,35)/t19-/m0/s1. The molecule has 39 heavy (non-hydrogen) atoms. The van der Waals surface area contributed by atoms with Crippen molar-refractivity contribution in [2.75, 3.05) is 30.8 Å². The molecular formula is C28H36FN7O3. The maximum absolute atomic E-state index is 13.9. The molecule has 2 amide bonds. The molecule has 0 saturated heterocycles. The molecule has 0 aliphatic heterocycles. The number of halogens is 1. The van der Waals surface area contributed by atoms with Crippen LogP contribution in [0.5, 0.6) is 0 Å². The number of nitriles is 1. The molecule has 0 aliphatic carbocycles. The molecule has 11 heteroatoms. The average molecular weight is 538 g/mol. The number of carbonyl (C=O) groups excluding carboxylic acids is 2. The SMILES string of the molecule is CCCNc1nc(Nc2ccc(C#N)c(F)c2)ncc1C#CCCCNC(=O)[C@H](C)N(C)C(=O)OC(C)(C)C. The smallest absolute Gasteiger partial charge is 0.410 e. The number of hydrogen-bond acceptors (Lipinski definition) is 8. The second kappa shape index (κ2) is 14.5. The Kier molecular flexibility index (Phi) is 11.5. The van der Waals surface area contributed by atoms with Crippen LogP contribution in [0.25, 0.3) is 0 Å². The lowest BCUT2D eigenvalue weighted by Gasteiger charge is -2.28. The summed E-state index contributed by atoms with van der Waals surface area (Å²) in [5.41, 5.74) is 0.343. The van der Waals surface area contributed by atoms with Crippen molar-refractivity contribution in [3.63, 3.8) is 0 Å². The minimum absolute atomic E-state index is 0.0420. The van der Waals surface area contributed by atoms with Gasteiger partial charge in [0.15, 0.2) is 0 Å². The van der Waals surface area contributed by atoms with Crippen LogP contribution in [-0.4, -0.2) is 58.6 Å². The van der Waals surface area contributed by atoms with E-state index in [-0.39, 0.29) is 17.4 Å². The molecule has 0 bridgehead atoms. The number of nitrogens with one attached hydrogen (secondary N) is 3. The van der Waals surface area contributed by atoms with Crippen molar-refractivity contribution in [2.45, 2.75) is 65.5 Å². The number of ether oxygens (including phenoxy) is 1. The fourth-order valence-electron chi connectivity index (χ4n) is 3.09. The molecule has 0 unspecified atom stereocenters. The zero-order valence-corrected chi connectivity index (χ0v) is 23.3. The van der Waals surface area contributed by atoms with Gasteiger partial charge >= 0.3 is 6.09 Å². The number of rotatable bonds is 10. The first kappa shape index (κ1) is 30.8. The first-order valence-electron chi connectivity index (χ1n) is 12.7. The van der Waals surface area contributed by atoms with Gasteiger partial charge in [0, 0.05) is 32.2 Å². The molecule has 3 N–H and O–H groups in total. The maximum atomic E-state index is 13.9. The largest absolute Gasteiger partial charge is 0.444 e. The predicted molar refractivity (Wildman–Crippen MR) is 148 cm³/mol. The Bertz CT molecular complexity index is 1260. The maximum Gasteiger partial charge on any atom is 0.410 e. The average Bonchev–Trinajstić information content (AvgIpc) is 2.88. The van der Waals surface area contributed by atoms with Crippen molar-refractivity contribution in [1.29, 1.82) is 5.26 Å². The number of benzene rings is 1. The van der Waals surface area contributed by atoms with Gasteiger partial charge in [0.05, 0.1) is 17.3 Å². The number of aromatic nitrogens is 2. The van der Waals surface area contributed by atoms with Crippen LogP contribution in [-0.2, 0) is 9.53 Å². The zero-order valence-electron chi connectivity index (χ0n) is 23.3. The van der Waals surface area contributed by atoms with E-state index in [2.05, 4.69) is 37.8 Å². The van der Waals surface area contributed by atoms with Crippen LogP contribution in [0.1, 0.15) is 65.0 Å². The van der Waals surface area contributed by atoms with Gasteiger partial charge in [-0.1, -0.05) is 18.8 Å². The monoisotopic (exact) mass is 537 g/mol. The summed E-state index contributed by atoms with van der Waals surface area (Å²) in [7, 11) is 1.53. The summed E-state index contributed by atoms with van der Waals surface area (Å²) in [5.74, 6) is 6.03. The second-order valence-corrected chi connectivity index (χ2v) is 9.78. The van der Waals surface area contributed by atoms with Crippen LogP contribution in [0, 0.1) is 29.0 Å². The summed E-state index contributed by atoms with van der Waals surface area (Å²) in [4.78, 5) is 34.6. The molecule has 1 aromatic heterocycles. The van der Waals surface area contributed by atoms with Crippen molar-refractivity contribution in [1.82, 2.24) is 20.2 Å². The fraction of sp³-hybridized carbons (Fsp3) is 0.464. The third kappa shape index (κ3) is 10.1. The van der Waals surface area contributed by atoms with Crippen molar-refractivity contribution >= 4 is 29.5 Å². The Morgan fingerprint density at radius 3 is 2.62 bits per heavy atom. The van der Waals surface area contributed by atoms with E-state index < -0.39 is 23.6 Å². The number of anilines is 3. The zero-order chi connectivity index (χ0) is 29.0. The quantitative estimate of drug-likeness (QED) is 0.297. The second-order valence-electron chi connectivity index (χ2n) is 9.78. The summed E-state index contributed by atoms with van der Waals surface area (Å²) in [5, 5.41) is 17.9. The van der Waals surface area contributed by atoms with E-state index in [9.17, 15) is 14.0 Å². The highest BCUT2D eigenvalue weighted by molar-refractivity contribution is 5.85. The van der Waals surface area contributed by atoms with Gasteiger partial charge in [-0.3, -0.25) is 9.69 Å². The number of amides is 2. The molecule has 0 fully saturated rings. The van der Waals surface area contributed by atoms with Crippen LogP contribution in [0.3, 0.4) is 0 Å². The van der Waals surface area contributed by atoms with Crippen molar-refractivity contribution < 1.29 is 18.7 Å². The molecule has 0 saturated carbocycles. The van der Waals surface area contributed by atoms with Gasteiger partial charge in [-0.2, -0.15) is 10.2 Å². The van der Waals surface area contributed by atoms with Gasteiger partial charge in [-0.05, 0) is 58.7 Å². The molecule has 1 heterocycles. The Hall–Kier alpha value is -4.38. The number of hydrogen-bond donors (Lipinski definition) is 3. The molecule has 0 aliphatic rings. The summed E-state index contributed by atoms with van der Waals surface area (Å²) in [6, 6.07) is 5.28. The third-order valence-electron chi connectivity index (χ3n) is 5.32. The normalized spacial score (nSPS) is 11.3. The van der Waals surface area contributed by atoms with Gasteiger partial charge < -0.3 is 20.7 Å². The van der Waals surface area contributed by atoms with Crippen LogP contribution in [0.2, 0.25) is 0 Å². The summed E-state index contributed by atoms with van der Waals surface area (Å²) < 4.78 is 19.2. The van der Waals surface area contributed by atoms with Crippen molar-refractivity contribution in [3.05, 3.63) is 41.3 Å². The summed E-state index contributed by atoms with van der Waals surface area (Å²) in [6.45, 7) is 10.1. The lowest BCUT2D eigenvalue weighted by molar-refractivity contribution is -0.125. The van der Waals surface area contributed by atoms with Gasteiger partial charge in [0.1, 0.15) is 29.3 Å². The number of nitrogens with zero attached hydrogens (tertiary/aromatic N) is 4. The van der Waals surface area contributed by atoms with Crippen LogP contribution in [0.4, 0.5) is 26.6 Å². The molecule has 2 rings (SSSR count). The Morgan fingerprint density at radius 1 is 1.23 bits per heavy atom. The highest BCUT2D eigenvalue weighted by atomic mass is 19.1. The molecule has 2 aromatic rings. The number of likely N-dealkylation sites (N-methyl/N-ethyl adjacent to an activating group) is 1. The molecule has 0 radical (unpaired) electrons. The molecular weight excluding hydrogens is 501 g/mol. The van der Waals surface area contributed by atoms with Gasteiger partial charge in [0.2, 0.25) is 11.9 Å². The Labute approximate surface area is 229 Å². The lowest BCUT2D eigenvalue weighted by Crippen LogP contribution is -2.47. The Morgan fingerprint density at radius 2 is 1.97 bits per heavy atom. The van der Waals surface area contributed by atoms with E-state index in [0.717, 1.165) is 6.42 Å². The predicted octanol–water partition coefficient (Wildman–Crippen LogP) is 4.56. The highest BCUT2D eigenvalue weighted by Crippen LogP contribution is 2.19. The van der Waals surface area contributed by atoms with Crippen LogP contribution >= 0.6 is 0 Å². The molecule has 208 valence electrons. The van der Waals surface area contributed by atoms with Crippen LogP contribution < -0.4 is 16.0 Å². The Balaban J connectivity index is 1.93. The van der Waals surface area contributed by atoms with E-state index in [4.69, 9.17) is 10.00 Å². The van der Waals surface area contributed by atoms with Gasteiger partial charge in [0.25, 0.3) is 0 Å². The van der Waals surface area contributed by atoms with E-state index in [0.29, 0.717) is 43.0 Å².